The van der Waals surface area contributed by atoms with Gasteiger partial charge >= 0.3 is 5.97 Å². The maximum atomic E-state index is 11.7. The van der Waals surface area contributed by atoms with Crippen LogP contribution in [0.25, 0.3) is 0 Å². The number of carbonyl (C=O) groups excluding carboxylic acids is 1. The van der Waals surface area contributed by atoms with E-state index in [9.17, 15) is 4.79 Å². The molecule has 0 saturated carbocycles. The SMILES string of the molecule is NC1(C(=O)OCCc2ccccc2)CCOC1. The Labute approximate surface area is 101 Å². The monoisotopic (exact) mass is 235 g/mol. The van der Waals surface area contributed by atoms with Gasteiger partial charge in [0.25, 0.3) is 0 Å². The van der Waals surface area contributed by atoms with Gasteiger partial charge in [0.1, 0.15) is 5.54 Å². The minimum absolute atomic E-state index is 0.261. The molecule has 1 aliphatic rings. The van der Waals surface area contributed by atoms with Crippen LogP contribution in [0.5, 0.6) is 0 Å². The zero-order chi connectivity index (χ0) is 12.1. The van der Waals surface area contributed by atoms with Crippen molar-refractivity contribution in [2.24, 2.45) is 5.73 Å². The van der Waals surface area contributed by atoms with E-state index in [0.717, 1.165) is 5.56 Å². The Morgan fingerprint density at radius 2 is 2.18 bits per heavy atom. The lowest BCUT2D eigenvalue weighted by molar-refractivity contribution is -0.150. The molecule has 0 amide bonds. The fourth-order valence-corrected chi connectivity index (χ4v) is 1.79. The van der Waals surface area contributed by atoms with Gasteiger partial charge in [0.15, 0.2) is 0 Å². The topological polar surface area (TPSA) is 61.6 Å². The predicted molar refractivity (Wildman–Crippen MR) is 63.5 cm³/mol. The number of hydrogen-bond donors (Lipinski definition) is 1. The highest BCUT2D eigenvalue weighted by molar-refractivity contribution is 5.81. The van der Waals surface area contributed by atoms with Crippen molar-refractivity contribution < 1.29 is 14.3 Å². The molecule has 1 aromatic rings. The minimum atomic E-state index is -0.934. The molecule has 0 aromatic heterocycles. The standard InChI is InChI=1S/C13H17NO3/c14-13(7-9-16-10-13)12(15)17-8-6-11-4-2-1-3-5-11/h1-5H,6-10,14H2. The van der Waals surface area contributed by atoms with E-state index in [1.807, 2.05) is 30.3 Å². The molecule has 1 fully saturated rings. The van der Waals surface area contributed by atoms with Crippen molar-refractivity contribution in [2.45, 2.75) is 18.4 Å². The number of ether oxygens (including phenoxy) is 2. The second-order valence-electron chi connectivity index (χ2n) is 4.33. The van der Waals surface area contributed by atoms with Gasteiger partial charge in [-0.05, 0) is 5.56 Å². The summed E-state index contributed by atoms with van der Waals surface area (Å²) in [5.74, 6) is -0.356. The number of esters is 1. The molecule has 17 heavy (non-hydrogen) atoms. The maximum absolute atomic E-state index is 11.7. The molecule has 2 N–H and O–H groups in total. The van der Waals surface area contributed by atoms with Gasteiger partial charge in [-0.3, -0.25) is 0 Å². The number of hydrogen-bond acceptors (Lipinski definition) is 4. The third-order valence-electron chi connectivity index (χ3n) is 2.93. The van der Waals surface area contributed by atoms with Crippen molar-refractivity contribution in [3.63, 3.8) is 0 Å². The summed E-state index contributed by atoms with van der Waals surface area (Å²) in [4.78, 5) is 11.7. The molecule has 2 rings (SSSR count). The van der Waals surface area contributed by atoms with E-state index in [2.05, 4.69) is 0 Å². The smallest absolute Gasteiger partial charge is 0.328 e. The average Bonchev–Trinajstić information content (AvgIpc) is 2.79. The summed E-state index contributed by atoms with van der Waals surface area (Å²) in [6.45, 7) is 1.16. The first kappa shape index (κ1) is 12.1. The lowest BCUT2D eigenvalue weighted by Crippen LogP contribution is -2.49. The molecule has 1 aromatic carbocycles. The Hall–Kier alpha value is -1.39. The molecular formula is C13H17NO3. The van der Waals surface area contributed by atoms with Gasteiger partial charge in [0, 0.05) is 19.4 Å². The highest BCUT2D eigenvalue weighted by Crippen LogP contribution is 2.17. The fraction of sp³-hybridized carbons (Fsp3) is 0.462. The van der Waals surface area contributed by atoms with Gasteiger partial charge in [0.2, 0.25) is 0 Å². The van der Waals surface area contributed by atoms with Crippen LogP contribution >= 0.6 is 0 Å². The minimum Gasteiger partial charge on any atom is -0.464 e. The highest BCUT2D eigenvalue weighted by Gasteiger charge is 2.39. The van der Waals surface area contributed by atoms with E-state index in [0.29, 0.717) is 26.1 Å². The zero-order valence-corrected chi connectivity index (χ0v) is 9.72. The molecule has 4 heteroatoms. The first-order chi connectivity index (χ1) is 8.21. The van der Waals surface area contributed by atoms with Crippen LogP contribution in [0, 0.1) is 0 Å². The Morgan fingerprint density at radius 1 is 1.41 bits per heavy atom. The van der Waals surface area contributed by atoms with E-state index in [-0.39, 0.29) is 12.6 Å². The highest BCUT2D eigenvalue weighted by atomic mass is 16.5. The van der Waals surface area contributed by atoms with Crippen LogP contribution in [-0.4, -0.2) is 31.3 Å². The van der Waals surface area contributed by atoms with Crippen LogP contribution in [0.2, 0.25) is 0 Å². The maximum Gasteiger partial charge on any atom is 0.328 e. The number of carbonyl (C=O) groups is 1. The van der Waals surface area contributed by atoms with Crippen LogP contribution < -0.4 is 5.73 Å². The van der Waals surface area contributed by atoms with Gasteiger partial charge in [-0.2, -0.15) is 0 Å². The molecule has 1 atom stereocenters. The Bertz CT molecular complexity index is 372. The van der Waals surface area contributed by atoms with E-state index in [1.54, 1.807) is 0 Å². The van der Waals surface area contributed by atoms with Crippen LogP contribution in [0.1, 0.15) is 12.0 Å². The zero-order valence-electron chi connectivity index (χ0n) is 9.72. The van der Waals surface area contributed by atoms with Gasteiger partial charge in [-0.25, -0.2) is 4.79 Å². The molecule has 0 spiro atoms. The Morgan fingerprint density at radius 3 is 2.82 bits per heavy atom. The predicted octanol–water partition coefficient (Wildman–Crippen LogP) is 0.890. The van der Waals surface area contributed by atoms with Crippen LogP contribution in [0.3, 0.4) is 0 Å². The lowest BCUT2D eigenvalue weighted by Gasteiger charge is -2.19. The summed E-state index contributed by atoms with van der Waals surface area (Å²) < 4.78 is 10.3. The number of benzene rings is 1. The molecule has 0 aliphatic carbocycles. The second-order valence-corrected chi connectivity index (χ2v) is 4.33. The van der Waals surface area contributed by atoms with Gasteiger partial charge in [0.05, 0.1) is 13.2 Å². The molecule has 0 radical (unpaired) electrons. The lowest BCUT2D eigenvalue weighted by atomic mass is 10.0. The van der Waals surface area contributed by atoms with Crippen molar-refractivity contribution in [1.29, 1.82) is 0 Å². The first-order valence-corrected chi connectivity index (χ1v) is 5.78. The number of nitrogens with two attached hydrogens (primary N) is 1. The van der Waals surface area contributed by atoms with Crippen LogP contribution in [-0.2, 0) is 20.7 Å². The Kier molecular flexibility index (Phi) is 3.76. The summed E-state index contributed by atoms with van der Waals surface area (Å²) in [5, 5.41) is 0. The molecule has 1 heterocycles. The first-order valence-electron chi connectivity index (χ1n) is 5.78. The Balaban J connectivity index is 1.77. The van der Waals surface area contributed by atoms with E-state index in [4.69, 9.17) is 15.2 Å². The second kappa shape index (κ2) is 5.29. The molecule has 0 bridgehead atoms. The summed E-state index contributed by atoms with van der Waals surface area (Å²) in [6.07, 6.45) is 1.25. The molecule has 4 nitrogen and oxygen atoms in total. The molecule has 92 valence electrons. The third kappa shape index (κ3) is 3.05. The van der Waals surface area contributed by atoms with Crippen molar-refractivity contribution in [2.75, 3.05) is 19.8 Å². The average molecular weight is 235 g/mol. The van der Waals surface area contributed by atoms with Crippen LogP contribution in [0.4, 0.5) is 0 Å². The molecule has 1 unspecified atom stereocenters. The van der Waals surface area contributed by atoms with Crippen molar-refractivity contribution >= 4 is 5.97 Å². The van der Waals surface area contributed by atoms with Gasteiger partial charge < -0.3 is 15.2 Å². The third-order valence-corrected chi connectivity index (χ3v) is 2.93. The van der Waals surface area contributed by atoms with E-state index >= 15 is 0 Å². The van der Waals surface area contributed by atoms with E-state index in [1.165, 1.54) is 0 Å². The van der Waals surface area contributed by atoms with Crippen molar-refractivity contribution in [3.05, 3.63) is 35.9 Å². The van der Waals surface area contributed by atoms with Crippen LogP contribution in [0.15, 0.2) is 30.3 Å². The summed E-state index contributed by atoms with van der Waals surface area (Å²) >= 11 is 0. The molecule has 1 aliphatic heterocycles. The largest absolute Gasteiger partial charge is 0.464 e. The van der Waals surface area contributed by atoms with Gasteiger partial charge in [-0.15, -0.1) is 0 Å². The fourth-order valence-electron chi connectivity index (χ4n) is 1.79. The summed E-state index contributed by atoms with van der Waals surface area (Å²) in [7, 11) is 0. The number of rotatable bonds is 4. The van der Waals surface area contributed by atoms with Crippen molar-refractivity contribution in [3.8, 4) is 0 Å². The molecule has 1 saturated heterocycles. The van der Waals surface area contributed by atoms with Gasteiger partial charge in [-0.1, -0.05) is 30.3 Å². The normalized spacial score (nSPS) is 23.6. The molecular weight excluding hydrogens is 218 g/mol. The summed E-state index contributed by atoms with van der Waals surface area (Å²) in [5.41, 5.74) is 6.10. The van der Waals surface area contributed by atoms with E-state index < -0.39 is 5.54 Å². The van der Waals surface area contributed by atoms with Crippen molar-refractivity contribution in [1.82, 2.24) is 0 Å². The summed E-state index contributed by atoms with van der Waals surface area (Å²) in [6, 6.07) is 9.90. The quantitative estimate of drug-likeness (QED) is 0.787.